The van der Waals surface area contributed by atoms with Gasteiger partial charge in [0.1, 0.15) is 0 Å². The van der Waals surface area contributed by atoms with E-state index in [2.05, 4.69) is 10.3 Å². The van der Waals surface area contributed by atoms with E-state index in [1.165, 1.54) is 0 Å². The maximum Gasteiger partial charge on any atom is 0.224 e. The van der Waals surface area contributed by atoms with Crippen molar-refractivity contribution in [3.05, 3.63) is 42.1 Å². The van der Waals surface area contributed by atoms with Crippen LogP contribution in [-0.4, -0.2) is 17.4 Å². The highest BCUT2D eigenvalue weighted by atomic mass is 35.5. The molecule has 0 bridgehead atoms. The van der Waals surface area contributed by atoms with E-state index in [1.54, 1.807) is 6.20 Å². The van der Waals surface area contributed by atoms with E-state index in [9.17, 15) is 4.79 Å². The number of pyridine rings is 1. The number of carbonyl (C=O) groups is 1. The molecule has 4 nitrogen and oxygen atoms in total. The molecule has 0 aliphatic rings. The van der Waals surface area contributed by atoms with Crippen LogP contribution in [0, 0.1) is 5.92 Å². The van der Waals surface area contributed by atoms with Gasteiger partial charge in [-0.3, -0.25) is 9.78 Å². The minimum atomic E-state index is -0.154. The van der Waals surface area contributed by atoms with Gasteiger partial charge in [0.25, 0.3) is 0 Å². The first-order valence-electron chi connectivity index (χ1n) is 6.02. The smallest absolute Gasteiger partial charge is 0.224 e. The van der Waals surface area contributed by atoms with Crippen LogP contribution in [0.15, 0.2) is 36.5 Å². The van der Waals surface area contributed by atoms with Gasteiger partial charge in [0.2, 0.25) is 5.91 Å². The summed E-state index contributed by atoms with van der Waals surface area (Å²) in [5, 5.41) is 3.94. The summed E-state index contributed by atoms with van der Waals surface area (Å²) in [7, 11) is 0. The Labute approximate surface area is 131 Å². The summed E-state index contributed by atoms with van der Waals surface area (Å²) in [6.07, 6.45) is 1.79. The number of halogens is 2. The Morgan fingerprint density at radius 3 is 2.75 bits per heavy atom. The van der Waals surface area contributed by atoms with Crippen molar-refractivity contribution in [3.8, 4) is 0 Å². The highest BCUT2D eigenvalue weighted by Gasteiger charge is 2.09. The van der Waals surface area contributed by atoms with Gasteiger partial charge in [-0.2, -0.15) is 0 Å². The highest BCUT2D eigenvalue weighted by Crippen LogP contribution is 2.12. The van der Waals surface area contributed by atoms with Crippen LogP contribution in [0.1, 0.15) is 12.5 Å². The number of benzene rings is 1. The van der Waals surface area contributed by atoms with Gasteiger partial charge in [-0.15, -0.1) is 24.8 Å². The van der Waals surface area contributed by atoms with Crippen LogP contribution >= 0.6 is 24.8 Å². The second-order valence-electron chi connectivity index (χ2n) is 4.39. The monoisotopic (exact) mass is 315 g/mol. The molecule has 0 saturated carbocycles. The number of hydrogen-bond donors (Lipinski definition) is 2. The van der Waals surface area contributed by atoms with Crippen molar-refractivity contribution in [2.75, 3.05) is 6.54 Å². The van der Waals surface area contributed by atoms with E-state index in [0.717, 1.165) is 16.5 Å². The second-order valence-corrected chi connectivity index (χ2v) is 4.39. The zero-order valence-electron chi connectivity index (χ0n) is 11.2. The first kappa shape index (κ1) is 18.6. The Balaban J connectivity index is 0.00000180. The third-order valence-corrected chi connectivity index (χ3v) is 2.91. The van der Waals surface area contributed by atoms with Crippen LogP contribution in [0.25, 0.3) is 10.9 Å². The summed E-state index contributed by atoms with van der Waals surface area (Å²) in [6, 6.07) is 9.95. The number of hydrogen-bond acceptors (Lipinski definition) is 3. The van der Waals surface area contributed by atoms with Crippen LogP contribution in [0.5, 0.6) is 0 Å². The Kier molecular flexibility index (Phi) is 8.15. The minimum Gasteiger partial charge on any atom is -0.352 e. The zero-order chi connectivity index (χ0) is 13.0. The first-order valence-corrected chi connectivity index (χ1v) is 6.02. The molecule has 0 fully saturated rings. The number of nitrogens with zero attached hydrogens (tertiary/aromatic N) is 1. The molecule has 0 radical (unpaired) electrons. The maximum absolute atomic E-state index is 11.6. The van der Waals surface area contributed by atoms with Gasteiger partial charge in [0, 0.05) is 30.6 Å². The van der Waals surface area contributed by atoms with Gasteiger partial charge in [-0.25, -0.2) is 0 Å². The standard InChI is InChI=1S/C14H17N3O.2ClH/c1-10(7-15)14(18)17-9-11-6-12-4-2-3-5-13(12)16-8-11;;/h2-6,8,10H,7,9,15H2,1H3,(H,17,18);2*1H. The zero-order valence-corrected chi connectivity index (χ0v) is 12.8. The van der Waals surface area contributed by atoms with E-state index in [0.29, 0.717) is 13.1 Å². The third-order valence-electron chi connectivity index (χ3n) is 2.91. The molecule has 20 heavy (non-hydrogen) atoms. The lowest BCUT2D eigenvalue weighted by atomic mass is 10.1. The molecule has 6 heteroatoms. The molecule has 1 aromatic carbocycles. The molecule has 0 aliphatic carbocycles. The van der Waals surface area contributed by atoms with Gasteiger partial charge in [0.15, 0.2) is 0 Å². The van der Waals surface area contributed by atoms with Crippen LogP contribution < -0.4 is 11.1 Å². The molecule has 3 N–H and O–H groups in total. The summed E-state index contributed by atoms with van der Waals surface area (Å²) in [5.74, 6) is -0.177. The van der Waals surface area contributed by atoms with Gasteiger partial charge in [-0.05, 0) is 17.7 Å². The second kappa shape index (κ2) is 8.74. The molecule has 1 atom stereocenters. The summed E-state index contributed by atoms with van der Waals surface area (Å²) in [4.78, 5) is 15.9. The Bertz CT molecular complexity index is 563. The lowest BCUT2D eigenvalue weighted by Gasteiger charge is -2.10. The molecular formula is C14H19Cl2N3O. The van der Waals surface area contributed by atoms with Crippen LogP contribution in [0.2, 0.25) is 0 Å². The maximum atomic E-state index is 11.6. The van der Waals surface area contributed by atoms with Crippen molar-refractivity contribution in [1.82, 2.24) is 10.3 Å². The van der Waals surface area contributed by atoms with Crippen LogP contribution in [0.3, 0.4) is 0 Å². The fourth-order valence-electron chi connectivity index (χ4n) is 1.68. The Hall–Kier alpha value is -1.36. The number of amides is 1. The molecule has 0 aliphatic heterocycles. The van der Waals surface area contributed by atoms with E-state index in [-0.39, 0.29) is 36.6 Å². The molecule has 2 rings (SSSR count). The van der Waals surface area contributed by atoms with Crippen LogP contribution in [0.4, 0.5) is 0 Å². The molecule has 2 aromatic rings. The highest BCUT2D eigenvalue weighted by molar-refractivity contribution is 5.85. The largest absolute Gasteiger partial charge is 0.352 e. The minimum absolute atomic E-state index is 0. The number of aromatic nitrogens is 1. The predicted octanol–water partition coefficient (Wildman–Crippen LogP) is 2.29. The average Bonchev–Trinajstić information content (AvgIpc) is 2.43. The van der Waals surface area contributed by atoms with Gasteiger partial charge < -0.3 is 11.1 Å². The lowest BCUT2D eigenvalue weighted by molar-refractivity contribution is -0.124. The van der Waals surface area contributed by atoms with Gasteiger partial charge in [0.05, 0.1) is 5.52 Å². The lowest BCUT2D eigenvalue weighted by Crippen LogP contribution is -2.32. The third kappa shape index (κ3) is 4.63. The molecule has 1 amide bonds. The fourth-order valence-corrected chi connectivity index (χ4v) is 1.68. The molecule has 110 valence electrons. The molecule has 0 saturated heterocycles. The van der Waals surface area contributed by atoms with Crippen LogP contribution in [-0.2, 0) is 11.3 Å². The fraction of sp³-hybridized carbons (Fsp3) is 0.286. The van der Waals surface area contributed by atoms with E-state index in [4.69, 9.17) is 5.73 Å². The average molecular weight is 316 g/mol. The topological polar surface area (TPSA) is 68.0 Å². The Morgan fingerprint density at radius 1 is 1.35 bits per heavy atom. The van der Waals surface area contributed by atoms with Crippen molar-refractivity contribution in [1.29, 1.82) is 0 Å². The quantitative estimate of drug-likeness (QED) is 0.909. The molecule has 0 spiro atoms. The normalized spacial score (nSPS) is 11.1. The first-order chi connectivity index (χ1) is 8.70. The van der Waals surface area contributed by atoms with Crippen molar-refractivity contribution < 1.29 is 4.79 Å². The van der Waals surface area contributed by atoms with Gasteiger partial charge >= 0.3 is 0 Å². The van der Waals surface area contributed by atoms with Crippen molar-refractivity contribution >= 4 is 41.6 Å². The molecular weight excluding hydrogens is 297 g/mol. The number of nitrogens with one attached hydrogen (secondary N) is 1. The number of para-hydroxylation sites is 1. The van der Waals surface area contributed by atoms with E-state index >= 15 is 0 Å². The predicted molar refractivity (Wildman–Crippen MR) is 86.3 cm³/mol. The summed E-state index contributed by atoms with van der Waals surface area (Å²) in [6.45, 7) is 2.66. The Morgan fingerprint density at radius 2 is 2.05 bits per heavy atom. The number of nitrogens with two attached hydrogens (primary N) is 1. The molecule has 1 unspecified atom stereocenters. The van der Waals surface area contributed by atoms with E-state index < -0.39 is 0 Å². The number of rotatable bonds is 4. The van der Waals surface area contributed by atoms with E-state index in [1.807, 2.05) is 37.3 Å². The van der Waals surface area contributed by atoms with Gasteiger partial charge in [-0.1, -0.05) is 25.1 Å². The number of fused-ring (bicyclic) bond motifs is 1. The van der Waals surface area contributed by atoms with Crippen molar-refractivity contribution in [2.45, 2.75) is 13.5 Å². The van der Waals surface area contributed by atoms with Crippen molar-refractivity contribution in [3.63, 3.8) is 0 Å². The molecule has 1 aromatic heterocycles. The molecule has 1 heterocycles. The SMILES string of the molecule is CC(CN)C(=O)NCc1cnc2ccccc2c1.Cl.Cl. The van der Waals surface area contributed by atoms with Crippen molar-refractivity contribution in [2.24, 2.45) is 11.7 Å². The summed E-state index contributed by atoms with van der Waals surface area (Å²) in [5.41, 5.74) is 7.40. The number of carbonyl (C=O) groups excluding carboxylic acids is 1. The summed E-state index contributed by atoms with van der Waals surface area (Å²) < 4.78 is 0. The summed E-state index contributed by atoms with van der Waals surface area (Å²) >= 11 is 0.